The van der Waals surface area contributed by atoms with Crippen molar-refractivity contribution in [3.63, 3.8) is 0 Å². The third-order valence-corrected chi connectivity index (χ3v) is 12.4. The quantitative estimate of drug-likeness (QED) is 0.169. The maximum Gasteiger partial charge on any atom is 0.164 e. The fraction of sp³-hybridized carbons (Fsp3) is 0.0208. The van der Waals surface area contributed by atoms with Gasteiger partial charge in [0.2, 0.25) is 0 Å². The second kappa shape index (κ2) is 13.2. The standard InChI is InChI=1S/C48H30N6S2/c1-29-25-41-37(28-36(29)48-50-38-20-9-11-22-42(38)55-48)35-19-8-10-21-40(35)54(41)34-18-12-17-33(26-34)47-49-39-24-23-32(27-43(39)56-47)46-52-44(30-13-4-2-5-14-30)51-45(53-46)31-15-6-3-7-16-31/h2-28H,1H3. The Kier molecular flexibility index (Phi) is 7.65. The number of thiazole rings is 2. The van der Waals surface area contributed by atoms with Gasteiger partial charge in [0, 0.05) is 44.3 Å². The predicted octanol–water partition coefficient (Wildman–Crippen LogP) is 12.8. The van der Waals surface area contributed by atoms with E-state index in [4.69, 9.17) is 24.9 Å². The minimum Gasteiger partial charge on any atom is -0.309 e. The van der Waals surface area contributed by atoms with Gasteiger partial charge in [-0.25, -0.2) is 24.9 Å². The summed E-state index contributed by atoms with van der Waals surface area (Å²) in [5, 5.41) is 4.43. The second-order valence-corrected chi connectivity index (χ2v) is 15.9. The van der Waals surface area contributed by atoms with E-state index in [1.807, 2.05) is 60.7 Å². The van der Waals surface area contributed by atoms with Crippen molar-refractivity contribution in [1.82, 2.24) is 29.5 Å². The lowest BCUT2D eigenvalue weighted by Gasteiger charge is -2.10. The largest absolute Gasteiger partial charge is 0.309 e. The molecule has 0 atom stereocenters. The summed E-state index contributed by atoms with van der Waals surface area (Å²) < 4.78 is 4.65. The molecule has 7 aromatic carbocycles. The zero-order chi connectivity index (χ0) is 37.2. The Morgan fingerprint density at radius 3 is 1.80 bits per heavy atom. The van der Waals surface area contributed by atoms with Crippen molar-refractivity contribution in [3.8, 4) is 61.0 Å². The molecular weight excluding hydrogens is 725 g/mol. The van der Waals surface area contributed by atoms with Gasteiger partial charge in [0.15, 0.2) is 17.5 Å². The lowest BCUT2D eigenvalue weighted by atomic mass is 10.0. The zero-order valence-electron chi connectivity index (χ0n) is 30.1. The van der Waals surface area contributed by atoms with Crippen molar-refractivity contribution in [2.45, 2.75) is 6.92 Å². The molecule has 0 amide bonds. The maximum atomic E-state index is 5.12. The molecule has 11 rings (SSSR count). The van der Waals surface area contributed by atoms with E-state index in [-0.39, 0.29) is 0 Å². The molecule has 4 heterocycles. The average molecular weight is 755 g/mol. The third kappa shape index (κ3) is 5.57. The topological polar surface area (TPSA) is 69.4 Å². The van der Waals surface area contributed by atoms with Gasteiger partial charge < -0.3 is 4.57 Å². The number of hydrogen-bond donors (Lipinski definition) is 0. The number of nitrogens with zero attached hydrogens (tertiary/aromatic N) is 6. The summed E-state index contributed by atoms with van der Waals surface area (Å²) >= 11 is 3.43. The van der Waals surface area contributed by atoms with Gasteiger partial charge in [-0.05, 0) is 73.2 Å². The Bertz CT molecular complexity index is 3180. The number of fused-ring (bicyclic) bond motifs is 5. The smallest absolute Gasteiger partial charge is 0.164 e. The van der Waals surface area contributed by atoms with Crippen LogP contribution in [-0.2, 0) is 0 Å². The Labute approximate surface area is 330 Å². The highest BCUT2D eigenvalue weighted by atomic mass is 32.1. The molecule has 0 aliphatic heterocycles. The van der Waals surface area contributed by atoms with Crippen molar-refractivity contribution < 1.29 is 0 Å². The Morgan fingerprint density at radius 2 is 1.04 bits per heavy atom. The molecule has 0 aliphatic carbocycles. The van der Waals surface area contributed by atoms with E-state index in [1.165, 1.54) is 32.1 Å². The molecule has 264 valence electrons. The molecule has 4 aromatic heterocycles. The van der Waals surface area contributed by atoms with E-state index in [0.717, 1.165) is 59.2 Å². The number of para-hydroxylation sites is 2. The summed E-state index contributed by atoms with van der Waals surface area (Å²) in [7, 11) is 0. The molecule has 0 bridgehead atoms. The highest BCUT2D eigenvalue weighted by Gasteiger charge is 2.19. The minimum atomic E-state index is 0.629. The van der Waals surface area contributed by atoms with Crippen LogP contribution in [0.1, 0.15) is 5.56 Å². The van der Waals surface area contributed by atoms with Crippen molar-refractivity contribution in [3.05, 3.63) is 169 Å². The van der Waals surface area contributed by atoms with Crippen LogP contribution in [0.15, 0.2) is 164 Å². The first kappa shape index (κ1) is 32.6. The van der Waals surface area contributed by atoms with Gasteiger partial charge in [0.1, 0.15) is 10.0 Å². The van der Waals surface area contributed by atoms with E-state index in [1.54, 1.807) is 22.7 Å². The van der Waals surface area contributed by atoms with E-state index < -0.39 is 0 Å². The molecule has 0 fully saturated rings. The van der Waals surface area contributed by atoms with Crippen LogP contribution in [0.5, 0.6) is 0 Å². The molecule has 8 heteroatoms. The van der Waals surface area contributed by atoms with Gasteiger partial charge in [-0.1, -0.05) is 103 Å². The number of hydrogen-bond acceptors (Lipinski definition) is 7. The highest BCUT2D eigenvalue weighted by molar-refractivity contribution is 7.22. The van der Waals surface area contributed by atoms with Crippen LogP contribution in [-0.4, -0.2) is 29.5 Å². The third-order valence-electron chi connectivity index (χ3n) is 10.2. The van der Waals surface area contributed by atoms with Gasteiger partial charge >= 0.3 is 0 Å². The lowest BCUT2D eigenvalue weighted by Crippen LogP contribution is -1.99. The van der Waals surface area contributed by atoms with Crippen LogP contribution in [0.4, 0.5) is 0 Å². The van der Waals surface area contributed by atoms with Gasteiger partial charge in [0.25, 0.3) is 0 Å². The number of benzene rings is 7. The number of aryl methyl sites for hydroxylation is 1. The predicted molar refractivity (Wildman–Crippen MR) is 232 cm³/mol. The first-order valence-electron chi connectivity index (χ1n) is 18.4. The van der Waals surface area contributed by atoms with E-state index >= 15 is 0 Å². The fourth-order valence-corrected chi connectivity index (χ4v) is 9.57. The Morgan fingerprint density at radius 1 is 0.411 bits per heavy atom. The lowest BCUT2D eigenvalue weighted by molar-refractivity contribution is 1.07. The van der Waals surface area contributed by atoms with Crippen molar-refractivity contribution in [1.29, 1.82) is 0 Å². The molecule has 0 saturated carbocycles. The monoisotopic (exact) mass is 754 g/mol. The van der Waals surface area contributed by atoms with Gasteiger partial charge in [-0.3, -0.25) is 0 Å². The molecule has 6 nitrogen and oxygen atoms in total. The summed E-state index contributed by atoms with van der Waals surface area (Å²) in [6, 6.07) is 56.8. The van der Waals surface area contributed by atoms with Crippen LogP contribution in [0.2, 0.25) is 0 Å². The van der Waals surface area contributed by atoms with E-state index in [9.17, 15) is 0 Å². The number of rotatable bonds is 6. The summed E-state index contributed by atoms with van der Waals surface area (Å²) in [5.74, 6) is 1.92. The van der Waals surface area contributed by atoms with Crippen LogP contribution >= 0.6 is 22.7 Å². The van der Waals surface area contributed by atoms with Crippen LogP contribution in [0.25, 0.3) is 103 Å². The molecule has 0 unspecified atom stereocenters. The minimum absolute atomic E-state index is 0.629. The van der Waals surface area contributed by atoms with Crippen LogP contribution < -0.4 is 0 Å². The molecule has 0 aliphatic rings. The van der Waals surface area contributed by atoms with Gasteiger partial charge in [0.05, 0.1) is 31.5 Å². The van der Waals surface area contributed by atoms with Crippen LogP contribution in [0, 0.1) is 6.92 Å². The first-order chi connectivity index (χ1) is 27.6. The van der Waals surface area contributed by atoms with Crippen molar-refractivity contribution >= 4 is 64.9 Å². The second-order valence-electron chi connectivity index (χ2n) is 13.8. The van der Waals surface area contributed by atoms with Gasteiger partial charge in [-0.15, -0.1) is 22.7 Å². The molecule has 0 spiro atoms. The molecular formula is C48H30N6S2. The van der Waals surface area contributed by atoms with E-state index in [0.29, 0.717) is 17.5 Å². The molecule has 0 saturated heterocycles. The SMILES string of the molecule is Cc1cc2c(cc1-c1nc3ccccc3s1)c1ccccc1n2-c1cccc(-c2nc3ccc(-c4nc(-c5ccccc5)nc(-c5ccccc5)n4)cc3s2)c1. The highest BCUT2D eigenvalue weighted by Crippen LogP contribution is 2.40. The van der Waals surface area contributed by atoms with Crippen LogP contribution in [0.3, 0.4) is 0 Å². The summed E-state index contributed by atoms with van der Waals surface area (Å²) in [5.41, 5.74) is 11.7. The average Bonchev–Trinajstić information content (AvgIpc) is 3.97. The summed E-state index contributed by atoms with van der Waals surface area (Å²) in [6.45, 7) is 2.19. The fourth-order valence-electron chi connectivity index (χ4n) is 7.52. The Hall–Kier alpha value is -6.87. The van der Waals surface area contributed by atoms with Crippen molar-refractivity contribution in [2.24, 2.45) is 0 Å². The summed E-state index contributed by atoms with van der Waals surface area (Å²) in [6.07, 6.45) is 0. The molecule has 56 heavy (non-hydrogen) atoms. The number of aromatic nitrogens is 6. The van der Waals surface area contributed by atoms with E-state index in [2.05, 4.69) is 115 Å². The zero-order valence-corrected chi connectivity index (χ0v) is 31.7. The molecule has 0 N–H and O–H groups in total. The van der Waals surface area contributed by atoms with Crippen molar-refractivity contribution in [2.75, 3.05) is 0 Å². The summed E-state index contributed by atoms with van der Waals surface area (Å²) in [4.78, 5) is 24.9. The Balaban J connectivity index is 0.996. The van der Waals surface area contributed by atoms with Gasteiger partial charge in [-0.2, -0.15) is 0 Å². The first-order valence-corrected chi connectivity index (χ1v) is 20.0. The normalized spacial score (nSPS) is 11.7. The maximum absolute atomic E-state index is 5.12. The molecule has 11 aromatic rings. The molecule has 0 radical (unpaired) electrons.